The van der Waals surface area contributed by atoms with Crippen LogP contribution in [0.2, 0.25) is 0 Å². The SMILES string of the molecule is Cc1ccc(S(=O)(=O)N/N=C2\c3[nH]c4ccc(C)cc4c3CCC2C)cc1. The highest BCUT2D eigenvalue weighted by Crippen LogP contribution is 2.32. The molecule has 140 valence electrons. The Morgan fingerprint density at radius 3 is 2.52 bits per heavy atom. The number of aromatic nitrogens is 1. The van der Waals surface area contributed by atoms with E-state index in [2.05, 4.69) is 47.0 Å². The summed E-state index contributed by atoms with van der Waals surface area (Å²) < 4.78 is 25.2. The van der Waals surface area contributed by atoms with Gasteiger partial charge in [0, 0.05) is 16.8 Å². The topological polar surface area (TPSA) is 74.3 Å². The van der Waals surface area contributed by atoms with Crippen LogP contribution >= 0.6 is 0 Å². The molecule has 2 aromatic carbocycles. The summed E-state index contributed by atoms with van der Waals surface area (Å²) in [6.07, 6.45) is 1.91. The van der Waals surface area contributed by atoms with Crippen LogP contribution in [-0.4, -0.2) is 19.1 Å². The maximum Gasteiger partial charge on any atom is 0.276 e. The lowest BCUT2D eigenvalue weighted by atomic mass is 9.86. The lowest BCUT2D eigenvalue weighted by molar-refractivity contribution is 0.583. The molecule has 6 heteroatoms. The molecule has 0 saturated heterocycles. The van der Waals surface area contributed by atoms with Crippen molar-refractivity contribution in [3.63, 3.8) is 0 Å². The van der Waals surface area contributed by atoms with Crippen molar-refractivity contribution in [1.82, 2.24) is 9.82 Å². The van der Waals surface area contributed by atoms with Gasteiger partial charge < -0.3 is 4.98 Å². The van der Waals surface area contributed by atoms with E-state index in [-0.39, 0.29) is 10.8 Å². The fourth-order valence-electron chi connectivity index (χ4n) is 3.63. The first kappa shape index (κ1) is 17.8. The summed E-state index contributed by atoms with van der Waals surface area (Å²) in [6.45, 7) is 6.08. The lowest BCUT2D eigenvalue weighted by Crippen LogP contribution is -2.26. The van der Waals surface area contributed by atoms with Crippen molar-refractivity contribution >= 4 is 26.6 Å². The Hall–Kier alpha value is -2.60. The second kappa shape index (κ2) is 6.53. The zero-order valence-corrected chi connectivity index (χ0v) is 16.5. The summed E-state index contributed by atoms with van der Waals surface area (Å²) in [5, 5.41) is 5.54. The Morgan fingerprint density at radius 2 is 1.78 bits per heavy atom. The largest absolute Gasteiger partial charge is 0.353 e. The van der Waals surface area contributed by atoms with Gasteiger partial charge in [-0.15, -0.1) is 0 Å². The van der Waals surface area contributed by atoms with Crippen LogP contribution in [0.15, 0.2) is 52.5 Å². The highest BCUT2D eigenvalue weighted by atomic mass is 32.2. The van der Waals surface area contributed by atoms with Crippen LogP contribution in [0.1, 0.15) is 35.7 Å². The number of nitrogens with zero attached hydrogens (tertiary/aromatic N) is 1. The second-order valence-electron chi connectivity index (χ2n) is 7.37. The van der Waals surface area contributed by atoms with Gasteiger partial charge in [0.1, 0.15) is 0 Å². The van der Waals surface area contributed by atoms with Crippen molar-refractivity contribution < 1.29 is 8.42 Å². The van der Waals surface area contributed by atoms with E-state index in [0.29, 0.717) is 0 Å². The Labute approximate surface area is 159 Å². The zero-order chi connectivity index (χ0) is 19.2. The number of benzene rings is 2. The highest BCUT2D eigenvalue weighted by molar-refractivity contribution is 7.89. The summed E-state index contributed by atoms with van der Waals surface area (Å²) in [7, 11) is -3.69. The van der Waals surface area contributed by atoms with Crippen molar-refractivity contribution in [3.8, 4) is 0 Å². The molecule has 0 amide bonds. The molecule has 1 aliphatic carbocycles. The molecule has 1 aliphatic rings. The van der Waals surface area contributed by atoms with Crippen LogP contribution in [0, 0.1) is 19.8 Å². The number of hydrazone groups is 1. The number of hydrogen-bond donors (Lipinski definition) is 2. The standard InChI is InChI=1S/C21H23N3O2S/c1-13-4-8-16(9-5-13)27(25,26)24-23-20-15(3)7-10-17-18-12-14(2)6-11-19(18)22-21(17)20/h4-6,8-9,11-12,15,22,24H,7,10H2,1-3H3/b23-20-. The fraction of sp³-hybridized carbons (Fsp3) is 0.286. The first-order valence-corrected chi connectivity index (χ1v) is 10.6. The van der Waals surface area contributed by atoms with Crippen LogP contribution < -0.4 is 4.83 Å². The molecule has 1 aromatic heterocycles. The van der Waals surface area contributed by atoms with Crippen LogP contribution in [0.4, 0.5) is 0 Å². The minimum Gasteiger partial charge on any atom is -0.353 e. The van der Waals surface area contributed by atoms with Gasteiger partial charge in [-0.3, -0.25) is 0 Å². The van der Waals surface area contributed by atoms with Gasteiger partial charge in [0.05, 0.1) is 16.3 Å². The number of nitrogens with one attached hydrogen (secondary N) is 2. The van der Waals surface area contributed by atoms with Crippen LogP contribution in [0.25, 0.3) is 10.9 Å². The maximum atomic E-state index is 12.6. The normalized spacial score (nSPS) is 18.6. The molecule has 3 aromatic rings. The molecule has 27 heavy (non-hydrogen) atoms. The molecule has 5 nitrogen and oxygen atoms in total. The van der Waals surface area contributed by atoms with E-state index >= 15 is 0 Å². The van der Waals surface area contributed by atoms with Gasteiger partial charge in [-0.1, -0.05) is 36.2 Å². The zero-order valence-electron chi connectivity index (χ0n) is 15.7. The molecule has 0 bridgehead atoms. The monoisotopic (exact) mass is 381 g/mol. The first-order chi connectivity index (χ1) is 12.8. The summed E-state index contributed by atoms with van der Waals surface area (Å²) in [5.41, 5.74) is 6.22. The third-order valence-corrected chi connectivity index (χ3v) is 6.45. The predicted octanol–water partition coefficient (Wildman–Crippen LogP) is 4.05. The number of aromatic amines is 1. The summed E-state index contributed by atoms with van der Waals surface area (Å²) >= 11 is 0. The molecular formula is C21H23N3O2S. The number of H-pyrrole nitrogens is 1. The van der Waals surface area contributed by atoms with E-state index in [0.717, 1.165) is 35.3 Å². The van der Waals surface area contributed by atoms with Crippen molar-refractivity contribution in [2.75, 3.05) is 0 Å². The molecule has 0 saturated carbocycles. The lowest BCUT2D eigenvalue weighted by Gasteiger charge is -2.21. The fourth-order valence-corrected chi connectivity index (χ4v) is 4.45. The quantitative estimate of drug-likeness (QED) is 0.672. The van der Waals surface area contributed by atoms with E-state index in [4.69, 9.17) is 0 Å². The Bertz CT molecular complexity index is 1140. The van der Waals surface area contributed by atoms with Crippen molar-refractivity contribution in [2.45, 2.75) is 38.5 Å². The van der Waals surface area contributed by atoms with E-state index < -0.39 is 10.0 Å². The smallest absolute Gasteiger partial charge is 0.276 e. The molecule has 2 N–H and O–H groups in total. The van der Waals surface area contributed by atoms with E-state index in [1.54, 1.807) is 24.3 Å². The van der Waals surface area contributed by atoms with Gasteiger partial charge >= 0.3 is 0 Å². The van der Waals surface area contributed by atoms with Crippen molar-refractivity contribution in [2.24, 2.45) is 11.0 Å². The van der Waals surface area contributed by atoms with Crippen molar-refractivity contribution in [3.05, 3.63) is 64.8 Å². The van der Waals surface area contributed by atoms with Gasteiger partial charge in [-0.25, -0.2) is 0 Å². The minimum absolute atomic E-state index is 0.173. The predicted molar refractivity (Wildman–Crippen MR) is 109 cm³/mol. The minimum atomic E-state index is -3.69. The van der Waals surface area contributed by atoms with Crippen LogP contribution in [0.5, 0.6) is 0 Å². The summed E-state index contributed by atoms with van der Waals surface area (Å²) in [5.74, 6) is 0.173. The maximum absolute atomic E-state index is 12.6. The van der Waals surface area contributed by atoms with E-state index in [1.165, 1.54) is 16.5 Å². The van der Waals surface area contributed by atoms with Gasteiger partial charge in [-0.2, -0.15) is 18.4 Å². The summed E-state index contributed by atoms with van der Waals surface area (Å²) in [6, 6.07) is 13.1. The molecule has 1 atom stereocenters. The van der Waals surface area contributed by atoms with Gasteiger partial charge in [0.2, 0.25) is 0 Å². The Morgan fingerprint density at radius 1 is 1.07 bits per heavy atom. The molecule has 0 radical (unpaired) electrons. The van der Waals surface area contributed by atoms with Crippen molar-refractivity contribution in [1.29, 1.82) is 0 Å². The van der Waals surface area contributed by atoms with E-state index in [1.807, 2.05) is 6.92 Å². The molecule has 1 heterocycles. The average Bonchev–Trinajstić information content (AvgIpc) is 2.99. The molecule has 1 unspecified atom stereocenters. The third-order valence-electron chi connectivity index (χ3n) is 5.23. The summed E-state index contributed by atoms with van der Waals surface area (Å²) in [4.78, 5) is 6.09. The second-order valence-corrected chi connectivity index (χ2v) is 9.03. The van der Waals surface area contributed by atoms with Gasteiger partial charge in [-0.05, 0) is 56.5 Å². The number of rotatable bonds is 3. The molecular weight excluding hydrogens is 358 g/mol. The van der Waals surface area contributed by atoms with Crippen LogP contribution in [0.3, 0.4) is 0 Å². The first-order valence-electron chi connectivity index (χ1n) is 9.13. The molecule has 0 spiro atoms. The Kier molecular flexibility index (Phi) is 4.30. The molecule has 0 fully saturated rings. The number of hydrogen-bond acceptors (Lipinski definition) is 3. The number of fused-ring (bicyclic) bond motifs is 3. The van der Waals surface area contributed by atoms with Gasteiger partial charge in [0.15, 0.2) is 0 Å². The third kappa shape index (κ3) is 3.25. The van der Waals surface area contributed by atoms with E-state index in [9.17, 15) is 8.42 Å². The van der Waals surface area contributed by atoms with Gasteiger partial charge in [0.25, 0.3) is 10.0 Å². The van der Waals surface area contributed by atoms with Crippen LogP contribution in [-0.2, 0) is 16.4 Å². The highest BCUT2D eigenvalue weighted by Gasteiger charge is 2.27. The molecule has 4 rings (SSSR count). The number of sulfonamides is 1. The molecule has 0 aliphatic heterocycles. The number of aryl methyl sites for hydroxylation is 3. The average molecular weight is 382 g/mol. The Balaban J connectivity index is 1.73.